The zero-order valence-corrected chi connectivity index (χ0v) is 16.7. The Kier molecular flexibility index (Phi) is 6.84. The third-order valence-corrected chi connectivity index (χ3v) is 5.36. The van der Waals surface area contributed by atoms with Crippen LogP contribution < -0.4 is 10.9 Å². The summed E-state index contributed by atoms with van der Waals surface area (Å²) in [5.41, 5.74) is 1.53. The Morgan fingerprint density at radius 3 is 2.64 bits per heavy atom. The van der Waals surface area contributed by atoms with Gasteiger partial charge in [-0.3, -0.25) is 14.2 Å². The molecule has 0 radical (unpaired) electrons. The summed E-state index contributed by atoms with van der Waals surface area (Å²) in [5, 5.41) is 3.88. The van der Waals surface area contributed by atoms with Crippen LogP contribution in [0.25, 0.3) is 10.9 Å². The Morgan fingerprint density at radius 1 is 1.18 bits per heavy atom. The number of amides is 1. The number of nitrogens with zero attached hydrogens (tertiary/aromatic N) is 2. The van der Waals surface area contributed by atoms with E-state index in [0.29, 0.717) is 29.2 Å². The molecule has 0 saturated heterocycles. The van der Waals surface area contributed by atoms with E-state index in [9.17, 15) is 9.59 Å². The van der Waals surface area contributed by atoms with E-state index in [2.05, 4.69) is 10.3 Å². The largest absolute Gasteiger partial charge is 0.383 e. The third kappa shape index (κ3) is 4.61. The van der Waals surface area contributed by atoms with Crippen molar-refractivity contribution in [3.8, 4) is 0 Å². The Hall–Kier alpha value is -2.64. The molecule has 0 aliphatic rings. The average Bonchev–Trinajstić information content (AvgIpc) is 2.73. The van der Waals surface area contributed by atoms with Crippen LogP contribution in [-0.4, -0.2) is 41.5 Å². The summed E-state index contributed by atoms with van der Waals surface area (Å²) in [6.07, 6.45) is 0. The molecule has 0 spiro atoms. The smallest absolute Gasteiger partial charge is 0.262 e. The molecule has 1 unspecified atom stereocenters. The Balaban J connectivity index is 1.95. The molecular weight excluding hydrogens is 374 g/mol. The fourth-order valence-corrected chi connectivity index (χ4v) is 3.83. The second kappa shape index (κ2) is 9.52. The highest BCUT2D eigenvalue weighted by Crippen LogP contribution is 2.24. The molecule has 2 aromatic carbocycles. The van der Waals surface area contributed by atoms with Crippen LogP contribution in [0.2, 0.25) is 0 Å². The van der Waals surface area contributed by atoms with Crippen LogP contribution in [0.3, 0.4) is 0 Å². The van der Waals surface area contributed by atoms with Crippen molar-refractivity contribution in [2.24, 2.45) is 0 Å². The Bertz CT molecular complexity index is 1000. The number of thioether (sulfide) groups is 1. The van der Waals surface area contributed by atoms with Crippen molar-refractivity contribution in [2.75, 3.05) is 26.0 Å². The molecule has 0 saturated carbocycles. The van der Waals surface area contributed by atoms with Crippen LogP contribution in [0.15, 0.2) is 64.5 Å². The van der Waals surface area contributed by atoms with Gasteiger partial charge >= 0.3 is 0 Å². The highest BCUT2D eigenvalue weighted by Gasteiger charge is 2.18. The zero-order valence-electron chi connectivity index (χ0n) is 15.9. The van der Waals surface area contributed by atoms with Crippen molar-refractivity contribution in [2.45, 2.75) is 18.1 Å². The Morgan fingerprint density at radius 2 is 1.89 bits per heavy atom. The predicted molar refractivity (Wildman–Crippen MR) is 112 cm³/mol. The molecule has 0 fully saturated rings. The van der Waals surface area contributed by atoms with Crippen molar-refractivity contribution in [3.05, 3.63) is 70.5 Å². The number of carbonyl (C=O) groups is 1. The van der Waals surface area contributed by atoms with Crippen LogP contribution in [0.1, 0.15) is 18.5 Å². The number of ether oxygens (including phenoxy) is 1. The zero-order chi connectivity index (χ0) is 19.9. The summed E-state index contributed by atoms with van der Waals surface area (Å²) in [4.78, 5) is 30.0. The number of nitrogens with one attached hydrogen (secondary N) is 1. The summed E-state index contributed by atoms with van der Waals surface area (Å²) >= 11 is 1.26. The standard InChI is InChI=1S/C21H23N3O3S/c1-15(16-8-4-3-5-9-16)24-20(26)17-10-6-7-11-18(17)23-21(24)28-14-19(25)22-12-13-27-2/h3-11,15H,12-14H2,1-2H3,(H,22,25). The van der Waals surface area contributed by atoms with Crippen LogP contribution >= 0.6 is 11.8 Å². The molecule has 3 rings (SSSR count). The van der Waals surface area contributed by atoms with Crippen LogP contribution in [0.4, 0.5) is 0 Å². The minimum Gasteiger partial charge on any atom is -0.383 e. The molecule has 1 amide bonds. The van der Waals surface area contributed by atoms with E-state index in [4.69, 9.17) is 4.74 Å². The lowest BCUT2D eigenvalue weighted by Gasteiger charge is -2.20. The van der Waals surface area contributed by atoms with E-state index in [1.165, 1.54) is 11.8 Å². The molecule has 1 N–H and O–H groups in total. The minimum atomic E-state index is -0.204. The second-order valence-corrected chi connectivity index (χ2v) is 7.25. The van der Waals surface area contributed by atoms with Crippen molar-refractivity contribution in [3.63, 3.8) is 0 Å². The predicted octanol–water partition coefficient (Wildman–Crippen LogP) is 2.86. The van der Waals surface area contributed by atoms with Gasteiger partial charge in [0.05, 0.1) is 29.3 Å². The monoisotopic (exact) mass is 397 g/mol. The fourth-order valence-electron chi connectivity index (χ4n) is 2.92. The first kappa shape index (κ1) is 20.1. The summed E-state index contributed by atoms with van der Waals surface area (Å²) in [6.45, 7) is 2.88. The molecule has 3 aromatic rings. The van der Waals surface area contributed by atoms with Gasteiger partial charge in [0.15, 0.2) is 5.16 Å². The molecule has 6 nitrogen and oxygen atoms in total. The number of aromatic nitrogens is 2. The second-order valence-electron chi connectivity index (χ2n) is 6.30. The lowest BCUT2D eigenvalue weighted by molar-refractivity contribution is -0.118. The van der Waals surface area contributed by atoms with Gasteiger partial charge in [-0.25, -0.2) is 4.98 Å². The number of carbonyl (C=O) groups excluding carboxylic acids is 1. The molecule has 1 atom stereocenters. The maximum Gasteiger partial charge on any atom is 0.262 e. The van der Waals surface area contributed by atoms with E-state index in [1.807, 2.05) is 55.5 Å². The fraction of sp³-hybridized carbons (Fsp3) is 0.286. The molecular formula is C21H23N3O3S. The van der Waals surface area contributed by atoms with Gasteiger partial charge in [-0.15, -0.1) is 0 Å². The van der Waals surface area contributed by atoms with E-state index in [0.717, 1.165) is 5.56 Å². The Labute approximate surface area is 167 Å². The number of benzene rings is 2. The van der Waals surface area contributed by atoms with Gasteiger partial charge in [-0.05, 0) is 24.6 Å². The van der Waals surface area contributed by atoms with Crippen molar-refractivity contribution in [1.82, 2.24) is 14.9 Å². The number of hydrogen-bond acceptors (Lipinski definition) is 5. The summed E-state index contributed by atoms with van der Waals surface area (Å²) in [7, 11) is 1.59. The van der Waals surface area contributed by atoms with Crippen LogP contribution in [-0.2, 0) is 9.53 Å². The van der Waals surface area contributed by atoms with Crippen molar-refractivity contribution >= 4 is 28.6 Å². The maximum atomic E-state index is 13.2. The molecule has 1 heterocycles. The van der Waals surface area contributed by atoms with Crippen LogP contribution in [0, 0.1) is 0 Å². The van der Waals surface area contributed by atoms with Crippen LogP contribution in [0.5, 0.6) is 0 Å². The quantitative estimate of drug-likeness (QED) is 0.359. The highest BCUT2D eigenvalue weighted by molar-refractivity contribution is 7.99. The van der Waals surface area contributed by atoms with Gasteiger partial charge in [0, 0.05) is 13.7 Å². The number of methoxy groups -OCH3 is 1. The first-order valence-electron chi connectivity index (χ1n) is 9.06. The van der Waals surface area contributed by atoms with Gasteiger partial charge in [0.25, 0.3) is 5.56 Å². The lowest BCUT2D eigenvalue weighted by atomic mass is 10.1. The normalized spacial score (nSPS) is 12.1. The first-order chi connectivity index (χ1) is 13.6. The lowest BCUT2D eigenvalue weighted by Crippen LogP contribution is -2.30. The molecule has 0 bridgehead atoms. The number of para-hydroxylation sites is 1. The average molecular weight is 398 g/mol. The molecule has 0 aliphatic heterocycles. The van der Waals surface area contributed by atoms with Gasteiger partial charge in [-0.1, -0.05) is 54.2 Å². The van der Waals surface area contributed by atoms with Crippen molar-refractivity contribution in [1.29, 1.82) is 0 Å². The third-order valence-electron chi connectivity index (χ3n) is 4.41. The van der Waals surface area contributed by atoms with Crippen molar-refractivity contribution < 1.29 is 9.53 Å². The van der Waals surface area contributed by atoms with E-state index in [1.54, 1.807) is 17.7 Å². The topological polar surface area (TPSA) is 73.2 Å². The van der Waals surface area contributed by atoms with E-state index < -0.39 is 0 Å². The summed E-state index contributed by atoms with van der Waals surface area (Å²) in [6, 6.07) is 16.9. The molecule has 146 valence electrons. The first-order valence-corrected chi connectivity index (χ1v) is 10.0. The highest BCUT2D eigenvalue weighted by atomic mass is 32.2. The number of hydrogen-bond donors (Lipinski definition) is 1. The van der Waals surface area contributed by atoms with Gasteiger partial charge in [-0.2, -0.15) is 0 Å². The van der Waals surface area contributed by atoms with Gasteiger partial charge < -0.3 is 10.1 Å². The number of fused-ring (bicyclic) bond motifs is 1. The number of rotatable bonds is 8. The SMILES string of the molecule is COCCNC(=O)CSc1nc2ccccc2c(=O)n1C(C)c1ccccc1. The summed E-state index contributed by atoms with van der Waals surface area (Å²) < 4.78 is 6.61. The van der Waals surface area contributed by atoms with Gasteiger partial charge in [0.1, 0.15) is 0 Å². The summed E-state index contributed by atoms with van der Waals surface area (Å²) in [5.74, 6) is 0.0547. The maximum absolute atomic E-state index is 13.2. The minimum absolute atomic E-state index is 0.107. The van der Waals surface area contributed by atoms with E-state index in [-0.39, 0.29) is 23.3 Å². The molecule has 7 heteroatoms. The molecule has 28 heavy (non-hydrogen) atoms. The van der Waals surface area contributed by atoms with E-state index >= 15 is 0 Å². The molecule has 1 aromatic heterocycles. The molecule has 0 aliphatic carbocycles. The van der Waals surface area contributed by atoms with Gasteiger partial charge in [0.2, 0.25) is 5.91 Å².